The Morgan fingerprint density at radius 2 is 2.00 bits per heavy atom. The highest BCUT2D eigenvalue weighted by Gasteiger charge is 2.13. The monoisotopic (exact) mass is 337 g/mol. The highest BCUT2D eigenvalue weighted by atomic mass is 32.2. The van der Waals surface area contributed by atoms with Gasteiger partial charge in [0.1, 0.15) is 5.76 Å². The number of rotatable bonds is 8. The Morgan fingerprint density at radius 3 is 2.65 bits per heavy atom. The summed E-state index contributed by atoms with van der Waals surface area (Å²) in [5, 5.41) is 6.05. The minimum Gasteiger partial charge on any atom is -0.360 e. The Labute approximate surface area is 135 Å². The normalized spacial score (nSPS) is 11.3. The molecule has 0 fully saturated rings. The molecule has 1 aromatic heterocycles. The number of aromatic nitrogens is 1. The first-order valence-electron chi connectivity index (χ1n) is 7.19. The first-order valence-corrected chi connectivity index (χ1v) is 8.84. The van der Waals surface area contributed by atoms with Crippen molar-refractivity contribution in [1.29, 1.82) is 0 Å². The van der Waals surface area contributed by atoms with Crippen LogP contribution < -0.4 is 10.0 Å². The number of hydrogen-bond donors (Lipinski definition) is 2. The number of amides is 1. The van der Waals surface area contributed by atoms with Gasteiger partial charge in [0.15, 0.2) is 5.82 Å². The van der Waals surface area contributed by atoms with Gasteiger partial charge >= 0.3 is 0 Å². The SMILES string of the molecule is Cc1cc(NC(=O)CNS(=O)(=O)CCCc2ccccc2)no1. The van der Waals surface area contributed by atoms with Crippen molar-refractivity contribution in [1.82, 2.24) is 9.88 Å². The lowest BCUT2D eigenvalue weighted by molar-refractivity contribution is -0.115. The lowest BCUT2D eigenvalue weighted by Gasteiger charge is -2.06. The van der Waals surface area contributed by atoms with Crippen molar-refractivity contribution in [3.63, 3.8) is 0 Å². The van der Waals surface area contributed by atoms with E-state index in [1.165, 1.54) is 0 Å². The van der Waals surface area contributed by atoms with Crippen molar-refractivity contribution in [2.45, 2.75) is 19.8 Å². The van der Waals surface area contributed by atoms with Crippen LogP contribution in [0.2, 0.25) is 0 Å². The molecule has 2 N–H and O–H groups in total. The van der Waals surface area contributed by atoms with E-state index in [9.17, 15) is 13.2 Å². The quantitative estimate of drug-likeness (QED) is 0.759. The summed E-state index contributed by atoms with van der Waals surface area (Å²) in [4.78, 5) is 11.6. The van der Waals surface area contributed by atoms with E-state index in [0.29, 0.717) is 18.6 Å². The third-order valence-electron chi connectivity index (χ3n) is 3.07. The number of benzene rings is 1. The van der Waals surface area contributed by atoms with E-state index >= 15 is 0 Å². The van der Waals surface area contributed by atoms with E-state index in [2.05, 4.69) is 15.2 Å². The van der Waals surface area contributed by atoms with Gasteiger partial charge in [-0.3, -0.25) is 4.79 Å². The van der Waals surface area contributed by atoms with Crippen molar-refractivity contribution in [3.8, 4) is 0 Å². The Morgan fingerprint density at radius 1 is 1.26 bits per heavy atom. The molecule has 0 saturated carbocycles. The fourth-order valence-electron chi connectivity index (χ4n) is 1.97. The molecule has 8 heteroatoms. The van der Waals surface area contributed by atoms with Gasteiger partial charge in [0.05, 0.1) is 12.3 Å². The molecular formula is C15H19N3O4S. The molecule has 0 radical (unpaired) electrons. The van der Waals surface area contributed by atoms with Crippen LogP contribution in [0.4, 0.5) is 5.82 Å². The highest BCUT2D eigenvalue weighted by molar-refractivity contribution is 7.89. The Hall–Kier alpha value is -2.19. The summed E-state index contributed by atoms with van der Waals surface area (Å²) in [5.41, 5.74) is 1.09. The van der Waals surface area contributed by atoms with E-state index in [4.69, 9.17) is 4.52 Å². The number of hydrogen-bond acceptors (Lipinski definition) is 5. The van der Waals surface area contributed by atoms with E-state index in [1.807, 2.05) is 30.3 Å². The molecule has 0 spiro atoms. The van der Waals surface area contributed by atoms with E-state index in [1.54, 1.807) is 13.0 Å². The van der Waals surface area contributed by atoms with Crippen molar-refractivity contribution in [2.75, 3.05) is 17.6 Å². The second-order valence-electron chi connectivity index (χ2n) is 5.10. The Kier molecular flexibility index (Phi) is 5.89. The molecular weight excluding hydrogens is 318 g/mol. The summed E-state index contributed by atoms with van der Waals surface area (Å²) in [6.07, 6.45) is 1.16. The predicted molar refractivity (Wildman–Crippen MR) is 86.4 cm³/mol. The van der Waals surface area contributed by atoms with Gasteiger partial charge in [-0.1, -0.05) is 35.5 Å². The summed E-state index contributed by atoms with van der Waals surface area (Å²) >= 11 is 0. The molecule has 1 aromatic carbocycles. The zero-order valence-electron chi connectivity index (χ0n) is 12.8. The van der Waals surface area contributed by atoms with Crippen molar-refractivity contribution >= 4 is 21.7 Å². The van der Waals surface area contributed by atoms with Gasteiger partial charge in [0, 0.05) is 6.07 Å². The van der Waals surface area contributed by atoms with E-state index in [-0.39, 0.29) is 18.1 Å². The standard InChI is InChI=1S/C15H19N3O4S/c1-12-10-14(18-22-12)17-15(19)11-16-23(20,21)9-5-8-13-6-3-2-4-7-13/h2-4,6-7,10,16H,5,8-9,11H2,1H3,(H,17,18,19). The number of nitrogens with zero attached hydrogens (tertiary/aromatic N) is 1. The minimum absolute atomic E-state index is 0.0295. The van der Waals surface area contributed by atoms with Crippen LogP contribution in [0.1, 0.15) is 17.7 Å². The van der Waals surface area contributed by atoms with E-state index < -0.39 is 15.9 Å². The molecule has 1 amide bonds. The third kappa shape index (κ3) is 6.21. The second kappa shape index (κ2) is 7.89. The Bertz CT molecular complexity index is 741. The highest BCUT2D eigenvalue weighted by Crippen LogP contribution is 2.06. The first kappa shape index (κ1) is 17.2. The van der Waals surface area contributed by atoms with Gasteiger partial charge in [0.25, 0.3) is 0 Å². The predicted octanol–water partition coefficient (Wildman–Crippen LogP) is 1.47. The van der Waals surface area contributed by atoms with Gasteiger partial charge in [0.2, 0.25) is 15.9 Å². The summed E-state index contributed by atoms with van der Waals surface area (Å²) in [6, 6.07) is 11.2. The van der Waals surface area contributed by atoms with Crippen LogP contribution in [0, 0.1) is 6.92 Å². The largest absolute Gasteiger partial charge is 0.360 e. The molecule has 0 unspecified atom stereocenters. The van der Waals surface area contributed by atoms with E-state index in [0.717, 1.165) is 5.56 Å². The molecule has 0 atom stereocenters. The van der Waals surface area contributed by atoms with Gasteiger partial charge < -0.3 is 9.84 Å². The number of nitrogens with one attached hydrogen (secondary N) is 2. The lowest BCUT2D eigenvalue weighted by Crippen LogP contribution is -2.34. The van der Waals surface area contributed by atoms with Gasteiger partial charge in [-0.05, 0) is 25.3 Å². The summed E-state index contributed by atoms with van der Waals surface area (Å²) in [7, 11) is -3.49. The molecule has 2 aromatic rings. The molecule has 124 valence electrons. The van der Waals surface area contributed by atoms with Crippen molar-refractivity contribution in [3.05, 3.63) is 47.7 Å². The van der Waals surface area contributed by atoms with Crippen LogP contribution >= 0.6 is 0 Å². The maximum absolute atomic E-state index is 11.9. The Balaban J connectivity index is 1.72. The topological polar surface area (TPSA) is 101 Å². The molecule has 7 nitrogen and oxygen atoms in total. The molecule has 1 heterocycles. The molecule has 0 saturated heterocycles. The van der Waals surface area contributed by atoms with Crippen LogP contribution in [0.15, 0.2) is 40.9 Å². The number of sulfonamides is 1. The van der Waals surface area contributed by atoms with Gasteiger partial charge in [-0.15, -0.1) is 0 Å². The number of anilines is 1. The zero-order chi connectivity index (χ0) is 16.7. The number of carbonyl (C=O) groups excluding carboxylic acids is 1. The average Bonchev–Trinajstić information content (AvgIpc) is 2.91. The van der Waals surface area contributed by atoms with Gasteiger partial charge in [-0.2, -0.15) is 0 Å². The summed E-state index contributed by atoms with van der Waals surface area (Å²) in [5.74, 6) is 0.292. The molecule has 0 aliphatic rings. The van der Waals surface area contributed by atoms with Crippen LogP contribution in [-0.2, 0) is 21.2 Å². The van der Waals surface area contributed by atoms with Crippen molar-refractivity contribution < 1.29 is 17.7 Å². The maximum atomic E-state index is 11.9. The number of aryl methyl sites for hydroxylation is 2. The minimum atomic E-state index is -3.49. The average molecular weight is 337 g/mol. The molecule has 0 aliphatic heterocycles. The van der Waals surface area contributed by atoms with Crippen LogP contribution in [-0.4, -0.2) is 31.8 Å². The second-order valence-corrected chi connectivity index (χ2v) is 7.03. The summed E-state index contributed by atoms with van der Waals surface area (Å²) in [6.45, 7) is 1.36. The third-order valence-corrected chi connectivity index (χ3v) is 4.48. The van der Waals surface area contributed by atoms with Crippen LogP contribution in [0.25, 0.3) is 0 Å². The zero-order valence-corrected chi connectivity index (χ0v) is 13.6. The van der Waals surface area contributed by atoms with Crippen LogP contribution in [0.5, 0.6) is 0 Å². The smallest absolute Gasteiger partial charge is 0.240 e. The van der Waals surface area contributed by atoms with Crippen LogP contribution in [0.3, 0.4) is 0 Å². The fourth-order valence-corrected chi connectivity index (χ4v) is 2.99. The maximum Gasteiger partial charge on any atom is 0.240 e. The fraction of sp³-hybridized carbons (Fsp3) is 0.333. The molecule has 2 rings (SSSR count). The van der Waals surface area contributed by atoms with Crippen molar-refractivity contribution in [2.24, 2.45) is 0 Å². The van der Waals surface area contributed by atoms with Gasteiger partial charge in [-0.25, -0.2) is 13.1 Å². The molecule has 0 bridgehead atoms. The summed E-state index contributed by atoms with van der Waals surface area (Å²) < 4.78 is 30.8. The first-order chi connectivity index (χ1) is 10.9. The molecule has 23 heavy (non-hydrogen) atoms. The lowest BCUT2D eigenvalue weighted by atomic mass is 10.1. The number of carbonyl (C=O) groups is 1. The molecule has 0 aliphatic carbocycles.